The highest BCUT2D eigenvalue weighted by Gasteiger charge is 2.75. The van der Waals surface area contributed by atoms with Crippen molar-refractivity contribution < 1.29 is 48.6 Å². The smallest absolute Gasteiger partial charge is 0.272 e. The molecule has 0 aromatic heterocycles. The lowest BCUT2D eigenvalue weighted by atomic mass is 10.1. The minimum atomic E-state index is -6.52. The number of hydrogen-bond donors (Lipinski definition) is 0. The van der Waals surface area contributed by atoms with Gasteiger partial charge in [0.05, 0.1) is 0 Å². The highest BCUT2D eigenvalue weighted by molar-refractivity contribution is 4.93. The van der Waals surface area contributed by atoms with E-state index in [1.54, 1.807) is 0 Å². The van der Waals surface area contributed by atoms with E-state index in [4.69, 9.17) is 0 Å². The van der Waals surface area contributed by atoms with Gasteiger partial charge in [-0.25, -0.2) is 17.6 Å². The summed E-state index contributed by atoms with van der Waals surface area (Å²) in [6, 6.07) is 0. The average molecular weight is 310 g/mol. The topological polar surface area (TPSA) is 9.23 Å². The third-order valence-electron chi connectivity index (χ3n) is 2.10. The first kappa shape index (κ1) is 18.3. The van der Waals surface area contributed by atoms with Crippen LogP contribution in [0.2, 0.25) is 0 Å². The molecule has 0 aliphatic carbocycles. The van der Waals surface area contributed by atoms with Gasteiger partial charge in [-0.2, -0.15) is 26.3 Å². The van der Waals surface area contributed by atoms with Crippen LogP contribution in [-0.2, 0) is 4.74 Å². The van der Waals surface area contributed by atoms with Crippen molar-refractivity contribution in [2.75, 3.05) is 6.67 Å². The van der Waals surface area contributed by atoms with Gasteiger partial charge < -0.3 is 0 Å². The maximum atomic E-state index is 13.0. The van der Waals surface area contributed by atoms with Gasteiger partial charge in [-0.15, -0.1) is 0 Å². The predicted molar refractivity (Wildman–Crippen MR) is 42.0 cm³/mol. The molecule has 116 valence electrons. The number of hydrogen-bond acceptors (Lipinski definition) is 1. The van der Waals surface area contributed by atoms with Crippen molar-refractivity contribution in [1.29, 1.82) is 0 Å². The van der Waals surface area contributed by atoms with Gasteiger partial charge in [0.2, 0.25) is 0 Å². The van der Waals surface area contributed by atoms with E-state index in [9.17, 15) is 43.9 Å². The minimum Gasteiger partial charge on any atom is -0.272 e. The Balaban J connectivity index is 5.42. The fraction of sp³-hybridized carbons (Fsp3) is 1.00. The fourth-order valence-corrected chi connectivity index (χ4v) is 0.691. The normalized spacial score (nSPS) is 18.3. The first-order chi connectivity index (χ1) is 8.02. The molecular weight excluding hydrogens is 302 g/mol. The molecule has 0 radical (unpaired) electrons. The van der Waals surface area contributed by atoms with Crippen molar-refractivity contribution in [3.8, 4) is 0 Å². The summed E-state index contributed by atoms with van der Waals surface area (Å²) in [7, 11) is 0. The highest BCUT2D eigenvalue weighted by atomic mass is 19.4. The molecule has 1 unspecified atom stereocenters. The van der Waals surface area contributed by atoms with E-state index in [-0.39, 0.29) is 13.8 Å². The Labute approximate surface area is 100 Å². The summed E-state index contributed by atoms with van der Waals surface area (Å²) in [5, 5.41) is 0. The summed E-state index contributed by atoms with van der Waals surface area (Å²) in [5.74, 6) is -21.8. The molecule has 0 aliphatic heterocycles. The van der Waals surface area contributed by atoms with Crippen molar-refractivity contribution in [3.63, 3.8) is 0 Å². The van der Waals surface area contributed by atoms with Gasteiger partial charge in [-0.1, -0.05) is 0 Å². The molecule has 0 saturated heterocycles. The van der Waals surface area contributed by atoms with Crippen LogP contribution in [-0.4, -0.2) is 36.4 Å². The molecule has 0 amide bonds. The molecule has 0 fully saturated rings. The van der Waals surface area contributed by atoms with Crippen molar-refractivity contribution >= 4 is 0 Å². The summed E-state index contributed by atoms with van der Waals surface area (Å²) in [4.78, 5) is 0. The molecule has 0 spiro atoms. The maximum Gasteiger partial charge on any atom is 0.428 e. The largest absolute Gasteiger partial charge is 0.428 e. The molecule has 1 atom stereocenters. The second-order valence-electron chi connectivity index (χ2n) is 3.84. The molecule has 0 aliphatic rings. The lowest BCUT2D eigenvalue weighted by Crippen LogP contribution is -2.60. The molecule has 0 aromatic rings. The quantitative estimate of drug-likeness (QED) is 0.669. The molecule has 0 N–H and O–H groups in total. The van der Waals surface area contributed by atoms with Gasteiger partial charge >= 0.3 is 23.9 Å². The Bertz CT molecular complexity index is 318. The SMILES string of the molecule is CC(F)(F)C(C)(F)OC(F)(F)C(F)(F)C(F)(F)CF. The fourth-order valence-electron chi connectivity index (χ4n) is 0.691. The molecule has 0 heterocycles. The predicted octanol–water partition coefficient (Wildman–Crippen LogP) is 4.18. The summed E-state index contributed by atoms with van der Waals surface area (Å²) in [5.41, 5.74) is 0. The van der Waals surface area contributed by atoms with Crippen LogP contribution >= 0.6 is 0 Å². The van der Waals surface area contributed by atoms with E-state index in [1.807, 2.05) is 0 Å². The van der Waals surface area contributed by atoms with E-state index < -0.39 is 36.4 Å². The van der Waals surface area contributed by atoms with Crippen LogP contribution in [0.3, 0.4) is 0 Å². The van der Waals surface area contributed by atoms with Gasteiger partial charge in [-0.05, 0) is 0 Å². The molecule has 11 heteroatoms. The summed E-state index contributed by atoms with van der Waals surface area (Å²) >= 11 is 0. The van der Waals surface area contributed by atoms with Gasteiger partial charge in [0.25, 0.3) is 5.85 Å². The zero-order chi connectivity index (χ0) is 15.9. The molecular formula is C8H8F10O. The monoisotopic (exact) mass is 310 g/mol. The third-order valence-corrected chi connectivity index (χ3v) is 2.10. The van der Waals surface area contributed by atoms with Crippen molar-refractivity contribution in [2.24, 2.45) is 0 Å². The second-order valence-corrected chi connectivity index (χ2v) is 3.84. The summed E-state index contributed by atoms with van der Waals surface area (Å²) in [6.07, 6.45) is -6.36. The zero-order valence-corrected chi connectivity index (χ0v) is 9.39. The number of alkyl halides is 10. The van der Waals surface area contributed by atoms with Crippen molar-refractivity contribution in [3.05, 3.63) is 0 Å². The van der Waals surface area contributed by atoms with Crippen LogP contribution in [0.5, 0.6) is 0 Å². The van der Waals surface area contributed by atoms with E-state index in [1.165, 1.54) is 0 Å². The average Bonchev–Trinajstić information content (AvgIpc) is 2.13. The Morgan fingerprint density at radius 3 is 1.42 bits per heavy atom. The van der Waals surface area contributed by atoms with Crippen LogP contribution in [0.25, 0.3) is 0 Å². The molecule has 0 aromatic carbocycles. The molecule has 0 rings (SSSR count). The minimum absolute atomic E-state index is 0.297. The summed E-state index contributed by atoms with van der Waals surface area (Å²) < 4.78 is 127. The van der Waals surface area contributed by atoms with Crippen LogP contribution in [0.1, 0.15) is 13.8 Å². The maximum absolute atomic E-state index is 13.0. The van der Waals surface area contributed by atoms with Crippen molar-refractivity contribution in [2.45, 2.75) is 43.6 Å². The number of ether oxygens (including phenoxy) is 1. The van der Waals surface area contributed by atoms with Gasteiger partial charge in [-0.3, -0.25) is 4.74 Å². The van der Waals surface area contributed by atoms with E-state index in [0.29, 0.717) is 0 Å². The standard InChI is InChI=1S/C8H8F10O/c1-4(10,11)5(2,12)19-8(17,18)7(15,16)6(13,14)3-9/h3H2,1-2H3. The lowest BCUT2D eigenvalue weighted by molar-refractivity contribution is -0.454. The van der Waals surface area contributed by atoms with Gasteiger partial charge in [0.15, 0.2) is 6.67 Å². The van der Waals surface area contributed by atoms with Gasteiger partial charge in [0.1, 0.15) is 0 Å². The molecule has 19 heavy (non-hydrogen) atoms. The zero-order valence-electron chi connectivity index (χ0n) is 9.39. The van der Waals surface area contributed by atoms with E-state index in [2.05, 4.69) is 4.74 Å². The Morgan fingerprint density at radius 2 is 1.16 bits per heavy atom. The van der Waals surface area contributed by atoms with Gasteiger partial charge in [0, 0.05) is 13.8 Å². The van der Waals surface area contributed by atoms with Crippen LogP contribution in [0, 0.1) is 0 Å². The van der Waals surface area contributed by atoms with Crippen LogP contribution in [0.4, 0.5) is 43.9 Å². The first-order valence-electron chi connectivity index (χ1n) is 4.48. The van der Waals surface area contributed by atoms with Crippen molar-refractivity contribution in [1.82, 2.24) is 0 Å². The second kappa shape index (κ2) is 4.67. The Hall–Kier alpha value is -0.740. The van der Waals surface area contributed by atoms with Crippen LogP contribution < -0.4 is 0 Å². The number of halogens is 10. The molecule has 1 nitrogen and oxygen atoms in total. The first-order valence-corrected chi connectivity index (χ1v) is 4.48. The van der Waals surface area contributed by atoms with E-state index >= 15 is 0 Å². The molecule has 0 bridgehead atoms. The summed E-state index contributed by atoms with van der Waals surface area (Å²) in [6.45, 7) is -3.87. The lowest BCUT2D eigenvalue weighted by Gasteiger charge is -2.36. The van der Waals surface area contributed by atoms with Crippen LogP contribution in [0.15, 0.2) is 0 Å². The Kier molecular flexibility index (Phi) is 4.49. The third kappa shape index (κ3) is 3.23. The van der Waals surface area contributed by atoms with E-state index in [0.717, 1.165) is 0 Å². The highest BCUT2D eigenvalue weighted by Crippen LogP contribution is 2.50. The molecule has 0 saturated carbocycles. The number of rotatable bonds is 6. The Morgan fingerprint density at radius 1 is 0.789 bits per heavy atom.